The number of alkyl carbamates (subject to hydrolysis) is 1. The van der Waals surface area contributed by atoms with Crippen LogP contribution in [0, 0.1) is 0 Å². The van der Waals surface area contributed by atoms with E-state index in [-0.39, 0.29) is 0 Å². The van der Waals surface area contributed by atoms with Gasteiger partial charge in [0.2, 0.25) is 0 Å². The first kappa shape index (κ1) is 16.3. The van der Waals surface area contributed by atoms with Crippen molar-refractivity contribution in [2.45, 2.75) is 32.4 Å². The molecule has 0 aliphatic heterocycles. The Balaban J connectivity index is 2.94. The highest BCUT2D eigenvalue weighted by Crippen LogP contribution is 2.27. The molecule has 1 rings (SSSR count). The quantitative estimate of drug-likeness (QED) is 0.868. The van der Waals surface area contributed by atoms with Crippen molar-refractivity contribution < 1.29 is 19.1 Å². The molecule has 0 aromatic heterocycles. The zero-order valence-electron chi connectivity index (χ0n) is 11.9. The molecule has 0 heterocycles. The van der Waals surface area contributed by atoms with Gasteiger partial charge in [0.15, 0.2) is 0 Å². The molecule has 110 valence electrons. The number of methoxy groups -OCH3 is 1. The fourth-order valence-electron chi connectivity index (χ4n) is 1.57. The van der Waals surface area contributed by atoms with Crippen LogP contribution >= 0.6 is 11.6 Å². The number of halogens is 1. The van der Waals surface area contributed by atoms with Gasteiger partial charge in [-0.05, 0) is 39.0 Å². The molecule has 0 aliphatic rings. The Hall–Kier alpha value is -1.75. The molecule has 0 aliphatic carbocycles. The van der Waals surface area contributed by atoms with E-state index in [1.165, 1.54) is 7.11 Å². The standard InChI is InChI=1S/C14H18ClNO4/c1-14(2,3)20-13(18)16-11(8-17)10-7-9(15)5-6-12(10)19-4/h5-8,11H,1-4H3,(H,16,18). The minimum atomic E-state index is -0.890. The minimum Gasteiger partial charge on any atom is -0.496 e. The molecule has 0 saturated heterocycles. The number of amides is 1. The Morgan fingerprint density at radius 2 is 2.05 bits per heavy atom. The highest BCUT2D eigenvalue weighted by molar-refractivity contribution is 6.30. The zero-order valence-corrected chi connectivity index (χ0v) is 12.7. The summed E-state index contributed by atoms with van der Waals surface area (Å²) in [5, 5.41) is 2.92. The van der Waals surface area contributed by atoms with Crippen molar-refractivity contribution in [2.24, 2.45) is 0 Å². The van der Waals surface area contributed by atoms with Crippen LogP contribution in [0.4, 0.5) is 4.79 Å². The summed E-state index contributed by atoms with van der Waals surface area (Å²) < 4.78 is 10.3. The molecule has 5 nitrogen and oxygen atoms in total. The van der Waals surface area contributed by atoms with Crippen molar-refractivity contribution in [1.82, 2.24) is 5.32 Å². The number of hydrogen-bond acceptors (Lipinski definition) is 4. The van der Waals surface area contributed by atoms with E-state index in [9.17, 15) is 9.59 Å². The van der Waals surface area contributed by atoms with Crippen LogP contribution in [-0.4, -0.2) is 25.1 Å². The van der Waals surface area contributed by atoms with Crippen molar-refractivity contribution in [3.8, 4) is 5.75 Å². The summed E-state index contributed by atoms with van der Waals surface area (Å²) >= 11 is 5.90. The van der Waals surface area contributed by atoms with E-state index < -0.39 is 17.7 Å². The maximum absolute atomic E-state index is 11.7. The Labute approximate surface area is 123 Å². The van der Waals surface area contributed by atoms with Crippen molar-refractivity contribution >= 4 is 24.0 Å². The molecular weight excluding hydrogens is 282 g/mol. The largest absolute Gasteiger partial charge is 0.496 e. The van der Waals surface area contributed by atoms with Gasteiger partial charge in [0.1, 0.15) is 23.7 Å². The molecule has 1 aromatic rings. The lowest BCUT2D eigenvalue weighted by atomic mass is 10.1. The van der Waals surface area contributed by atoms with Gasteiger partial charge in [-0.25, -0.2) is 4.79 Å². The molecule has 1 N–H and O–H groups in total. The minimum absolute atomic E-state index is 0.443. The number of hydrogen-bond donors (Lipinski definition) is 1. The average Bonchev–Trinajstić information content (AvgIpc) is 2.33. The molecule has 0 saturated carbocycles. The molecular formula is C14H18ClNO4. The average molecular weight is 300 g/mol. The lowest BCUT2D eigenvalue weighted by Crippen LogP contribution is -2.35. The van der Waals surface area contributed by atoms with Gasteiger partial charge < -0.3 is 19.6 Å². The van der Waals surface area contributed by atoms with E-state index >= 15 is 0 Å². The summed E-state index contributed by atoms with van der Waals surface area (Å²) in [6, 6.07) is 3.94. The lowest BCUT2D eigenvalue weighted by Gasteiger charge is -2.22. The SMILES string of the molecule is COc1ccc(Cl)cc1C(C=O)NC(=O)OC(C)(C)C. The van der Waals surface area contributed by atoms with Gasteiger partial charge in [-0.3, -0.25) is 0 Å². The molecule has 1 unspecified atom stereocenters. The number of rotatable bonds is 4. The molecule has 1 amide bonds. The fourth-order valence-corrected chi connectivity index (χ4v) is 1.75. The highest BCUT2D eigenvalue weighted by Gasteiger charge is 2.22. The first-order valence-corrected chi connectivity index (χ1v) is 6.43. The van der Waals surface area contributed by atoms with Crippen LogP contribution in [0.1, 0.15) is 32.4 Å². The van der Waals surface area contributed by atoms with Gasteiger partial charge in [0.05, 0.1) is 7.11 Å². The number of ether oxygens (including phenoxy) is 2. The number of carbonyl (C=O) groups is 2. The number of carbonyl (C=O) groups excluding carboxylic acids is 2. The van der Waals surface area contributed by atoms with Crippen LogP contribution in [0.2, 0.25) is 5.02 Å². The first-order valence-electron chi connectivity index (χ1n) is 6.05. The third-order valence-electron chi connectivity index (χ3n) is 2.34. The molecule has 6 heteroatoms. The summed E-state index contributed by atoms with van der Waals surface area (Å²) in [6.45, 7) is 5.22. The zero-order chi connectivity index (χ0) is 15.3. The van der Waals surface area contributed by atoms with Crippen molar-refractivity contribution in [1.29, 1.82) is 0 Å². The molecule has 0 bridgehead atoms. The Morgan fingerprint density at radius 1 is 1.40 bits per heavy atom. The normalized spacial score (nSPS) is 12.4. The van der Waals surface area contributed by atoms with E-state index in [1.54, 1.807) is 39.0 Å². The predicted octanol–water partition coefficient (Wildman–Crippen LogP) is 3.11. The summed E-state index contributed by atoms with van der Waals surface area (Å²) in [5.41, 5.74) is -0.170. The molecule has 0 spiro atoms. The van der Waals surface area contributed by atoms with Gasteiger partial charge in [-0.1, -0.05) is 11.6 Å². The van der Waals surface area contributed by atoms with E-state index in [2.05, 4.69) is 5.32 Å². The molecule has 1 atom stereocenters. The van der Waals surface area contributed by atoms with Crippen molar-refractivity contribution in [3.05, 3.63) is 28.8 Å². The van der Waals surface area contributed by atoms with Crippen LogP contribution < -0.4 is 10.1 Å². The van der Waals surface area contributed by atoms with Gasteiger partial charge in [-0.2, -0.15) is 0 Å². The van der Waals surface area contributed by atoms with Crippen LogP contribution in [-0.2, 0) is 9.53 Å². The van der Waals surface area contributed by atoms with Gasteiger partial charge in [0, 0.05) is 10.6 Å². The Bertz CT molecular complexity index is 496. The summed E-state index contributed by atoms with van der Waals surface area (Å²) in [6.07, 6.45) is -0.0883. The molecule has 20 heavy (non-hydrogen) atoms. The topological polar surface area (TPSA) is 64.6 Å². The number of nitrogens with one attached hydrogen (secondary N) is 1. The summed E-state index contributed by atoms with van der Waals surface area (Å²) in [7, 11) is 1.47. The van der Waals surface area contributed by atoms with Crippen molar-refractivity contribution in [3.63, 3.8) is 0 Å². The second-order valence-corrected chi connectivity index (χ2v) is 5.58. The third kappa shape index (κ3) is 4.74. The smallest absolute Gasteiger partial charge is 0.408 e. The second kappa shape index (κ2) is 6.61. The molecule has 1 aromatic carbocycles. The summed E-state index contributed by atoms with van der Waals surface area (Å²) in [5.74, 6) is 0.461. The first-order chi connectivity index (χ1) is 9.26. The van der Waals surface area contributed by atoms with Crippen LogP contribution in [0.25, 0.3) is 0 Å². The van der Waals surface area contributed by atoms with E-state index in [4.69, 9.17) is 21.1 Å². The monoisotopic (exact) mass is 299 g/mol. The van der Waals surface area contributed by atoms with E-state index in [0.29, 0.717) is 22.6 Å². The van der Waals surface area contributed by atoms with E-state index in [1.807, 2.05) is 0 Å². The van der Waals surface area contributed by atoms with Crippen LogP contribution in [0.5, 0.6) is 5.75 Å². The number of aldehydes is 1. The summed E-state index contributed by atoms with van der Waals surface area (Å²) in [4.78, 5) is 22.9. The molecule has 0 radical (unpaired) electrons. The van der Waals surface area contributed by atoms with Gasteiger partial charge >= 0.3 is 6.09 Å². The number of benzene rings is 1. The third-order valence-corrected chi connectivity index (χ3v) is 2.57. The van der Waals surface area contributed by atoms with Crippen LogP contribution in [0.15, 0.2) is 18.2 Å². The second-order valence-electron chi connectivity index (χ2n) is 5.15. The van der Waals surface area contributed by atoms with Gasteiger partial charge in [-0.15, -0.1) is 0 Å². The fraction of sp³-hybridized carbons (Fsp3) is 0.429. The Kier molecular flexibility index (Phi) is 5.39. The maximum atomic E-state index is 11.7. The van der Waals surface area contributed by atoms with E-state index in [0.717, 1.165) is 0 Å². The van der Waals surface area contributed by atoms with Crippen molar-refractivity contribution in [2.75, 3.05) is 7.11 Å². The Morgan fingerprint density at radius 3 is 2.55 bits per heavy atom. The van der Waals surface area contributed by atoms with Gasteiger partial charge in [0.25, 0.3) is 0 Å². The lowest BCUT2D eigenvalue weighted by molar-refractivity contribution is -0.109. The maximum Gasteiger partial charge on any atom is 0.408 e. The molecule has 0 fully saturated rings. The van der Waals surface area contributed by atoms with Crippen LogP contribution in [0.3, 0.4) is 0 Å². The predicted molar refractivity (Wildman–Crippen MR) is 76.2 cm³/mol. The highest BCUT2D eigenvalue weighted by atomic mass is 35.5.